The zero-order valence-electron chi connectivity index (χ0n) is 17.2. The van der Waals surface area contributed by atoms with E-state index in [1.165, 1.54) is 0 Å². The van der Waals surface area contributed by atoms with Crippen LogP contribution in [0.4, 0.5) is 17.1 Å². The van der Waals surface area contributed by atoms with Gasteiger partial charge < -0.3 is 15.5 Å². The number of benzene rings is 3. The summed E-state index contributed by atoms with van der Waals surface area (Å²) >= 11 is 0. The lowest BCUT2D eigenvalue weighted by molar-refractivity contribution is -0.122. The van der Waals surface area contributed by atoms with Gasteiger partial charge in [0, 0.05) is 35.6 Å². The van der Waals surface area contributed by atoms with Gasteiger partial charge in [-0.2, -0.15) is 0 Å². The molecule has 6 heteroatoms. The Morgan fingerprint density at radius 1 is 0.871 bits per heavy atom. The van der Waals surface area contributed by atoms with Crippen LogP contribution in [-0.4, -0.2) is 24.3 Å². The normalized spacial score (nSPS) is 15.6. The zero-order valence-corrected chi connectivity index (χ0v) is 17.2. The van der Waals surface area contributed by atoms with Crippen molar-refractivity contribution >= 4 is 34.8 Å². The fraction of sp³-hybridized carbons (Fsp3) is 0.160. The fourth-order valence-electron chi connectivity index (χ4n) is 3.62. The Morgan fingerprint density at radius 3 is 2.32 bits per heavy atom. The molecule has 0 aromatic heterocycles. The van der Waals surface area contributed by atoms with Crippen molar-refractivity contribution < 1.29 is 14.4 Å². The molecular weight excluding hydrogens is 390 g/mol. The summed E-state index contributed by atoms with van der Waals surface area (Å²) in [6.07, 6.45) is 0.178. The first-order valence-corrected chi connectivity index (χ1v) is 10.1. The summed E-state index contributed by atoms with van der Waals surface area (Å²) in [6.45, 7) is 2.32. The highest BCUT2D eigenvalue weighted by atomic mass is 16.2. The molecule has 0 aliphatic carbocycles. The van der Waals surface area contributed by atoms with Crippen LogP contribution in [0.1, 0.15) is 22.3 Å². The number of hydrogen-bond acceptors (Lipinski definition) is 3. The quantitative estimate of drug-likeness (QED) is 0.657. The molecule has 1 saturated heterocycles. The topological polar surface area (TPSA) is 78.5 Å². The number of nitrogens with zero attached hydrogens (tertiary/aromatic N) is 1. The minimum Gasteiger partial charge on any atom is -0.326 e. The SMILES string of the molecule is Cc1cccc(NC(=O)c2ccc(NC(=O)C3CC(=O)N(c4ccccc4)C3)cc2)c1. The summed E-state index contributed by atoms with van der Waals surface area (Å²) in [4.78, 5) is 39.1. The standard InChI is InChI=1S/C25H23N3O3/c1-17-6-5-7-21(14-17)27-24(30)18-10-12-20(13-11-18)26-25(31)19-15-23(29)28(16-19)22-8-3-2-4-9-22/h2-14,19H,15-16H2,1H3,(H,26,31)(H,27,30). The van der Waals surface area contributed by atoms with Crippen LogP contribution in [0.5, 0.6) is 0 Å². The maximum atomic E-state index is 12.7. The third-order valence-electron chi connectivity index (χ3n) is 5.25. The largest absolute Gasteiger partial charge is 0.326 e. The number of carbonyl (C=O) groups is 3. The Morgan fingerprint density at radius 2 is 1.61 bits per heavy atom. The van der Waals surface area contributed by atoms with Crippen LogP contribution in [0.3, 0.4) is 0 Å². The van der Waals surface area contributed by atoms with Crippen molar-refractivity contribution in [2.75, 3.05) is 22.1 Å². The molecule has 3 aromatic carbocycles. The molecule has 0 saturated carbocycles. The number of para-hydroxylation sites is 1. The first kappa shape index (κ1) is 20.3. The second-order valence-corrected chi connectivity index (χ2v) is 7.63. The third-order valence-corrected chi connectivity index (χ3v) is 5.25. The highest BCUT2D eigenvalue weighted by Crippen LogP contribution is 2.26. The molecular formula is C25H23N3O3. The highest BCUT2D eigenvalue weighted by Gasteiger charge is 2.35. The van der Waals surface area contributed by atoms with E-state index in [0.717, 1.165) is 16.9 Å². The summed E-state index contributed by atoms with van der Waals surface area (Å²) in [7, 11) is 0. The highest BCUT2D eigenvalue weighted by molar-refractivity contribution is 6.05. The maximum Gasteiger partial charge on any atom is 0.255 e. The van der Waals surface area contributed by atoms with Crippen LogP contribution in [0.2, 0.25) is 0 Å². The summed E-state index contributed by atoms with van der Waals surface area (Å²) in [5.74, 6) is -0.904. The number of amides is 3. The van der Waals surface area contributed by atoms with E-state index >= 15 is 0 Å². The van der Waals surface area contributed by atoms with Crippen molar-refractivity contribution in [3.63, 3.8) is 0 Å². The molecule has 1 aliphatic rings. The van der Waals surface area contributed by atoms with Gasteiger partial charge in [0.15, 0.2) is 0 Å². The van der Waals surface area contributed by atoms with Gasteiger partial charge in [-0.25, -0.2) is 0 Å². The number of nitrogens with one attached hydrogen (secondary N) is 2. The molecule has 3 aromatic rings. The predicted molar refractivity (Wildman–Crippen MR) is 121 cm³/mol. The van der Waals surface area contributed by atoms with E-state index in [9.17, 15) is 14.4 Å². The Balaban J connectivity index is 1.36. The number of hydrogen-bond donors (Lipinski definition) is 2. The van der Waals surface area contributed by atoms with Crippen molar-refractivity contribution in [3.8, 4) is 0 Å². The maximum absolute atomic E-state index is 12.7. The van der Waals surface area contributed by atoms with Crippen LogP contribution in [0.15, 0.2) is 78.9 Å². The summed E-state index contributed by atoms with van der Waals surface area (Å²) in [5.41, 5.74) is 3.67. The van der Waals surface area contributed by atoms with Gasteiger partial charge >= 0.3 is 0 Å². The van der Waals surface area contributed by atoms with Gasteiger partial charge in [0.25, 0.3) is 5.91 Å². The Hall–Kier alpha value is -3.93. The minimum absolute atomic E-state index is 0.0606. The summed E-state index contributed by atoms with van der Waals surface area (Å²) < 4.78 is 0. The van der Waals surface area contributed by atoms with E-state index in [-0.39, 0.29) is 24.1 Å². The monoisotopic (exact) mass is 413 g/mol. The molecule has 1 heterocycles. The molecule has 1 unspecified atom stereocenters. The van der Waals surface area contributed by atoms with Gasteiger partial charge in [-0.3, -0.25) is 14.4 Å². The summed E-state index contributed by atoms with van der Waals surface area (Å²) in [5, 5.41) is 5.71. The van der Waals surface area contributed by atoms with Gasteiger partial charge in [-0.1, -0.05) is 30.3 Å². The molecule has 156 valence electrons. The van der Waals surface area contributed by atoms with Crippen LogP contribution < -0.4 is 15.5 Å². The van der Waals surface area contributed by atoms with Crippen LogP contribution in [0.25, 0.3) is 0 Å². The van der Waals surface area contributed by atoms with Crippen molar-refractivity contribution in [3.05, 3.63) is 90.0 Å². The van der Waals surface area contributed by atoms with Crippen LogP contribution in [-0.2, 0) is 9.59 Å². The number of rotatable bonds is 5. The van der Waals surface area contributed by atoms with Crippen molar-refractivity contribution in [2.24, 2.45) is 5.92 Å². The van der Waals surface area contributed by atoms with Crippen LogP contribution in [0, 0.1) is 12.8 Å². The second-order valence-electron chi connectivity index (χ2n) is 7.63. The Kier molecular flexibility index (Phi) is 5.80. The average Bonchev–Trinajstić information content (AvgIpc) is 3.17. The van der Waals surface area contributed by atoms with Gasteiger partial charge in [-0.15, -0.1) is 0 Å². The minimum atomic E-state index is -0.419. The Bertz CT molecular complexity index is 1110. The zero-order chi connectivity index (χ0) is 21.8. The molecule has 31 heavy (non-hydrogen) atoms. The first-order chi connectivity index (χ1) is 15.0. The van der Waals surface area contributed by atoms with Crippen molar-refractivity contribution in [2.45, 2.75) is 13.3 Å². The molecule has 1 fully saturated rings. The third kappa shape index (κ3) is 4.80. The number of carbonyl (C=O) groups excluding carboxylic acids is 3. The van der Waals surface area contributed by atoms with Gasteiger partial charge in [-0.05, 0) is 61.0 Å². The van der Waals surface area contributed by atoms with Gasteiger partial charge in [0.05, 0.1) is 5.92 Å². The molecule has 1 aliphatic heterocycles. The van der Waals surface area contributed by atoms with E-state index in [4.69, 9.17) is 0 Å². The van der Waals surface area contributed by atoms with Crippen LogP contribution >= 0.6 is 0 Å². The average molecular weight is 413 g/mol. The smallest absolute Gasteiger partial charge is 0.255 e. The lowest BCUT2D eigenvalue weighted by atomic mass is 10.1. The Labute approximate surface area is 180 Å². The lowest BCUT2D eigenvalue weighted by Crippen LogP contribution is -2.28. The number of aryl methyl sites for hydroxylation is 1. The van der Waals surface area contributed by atoms with E-state index in [1.54, 1.807) is 29.2 Å². The predicted octanol–water partition coefficient (Wildman–Crippen LogP) is 4.24. The second kappa shape index (κ2) is 8.83. The van der Waals surface area contributed by atoms with E-state index in [0.29, 0.717) is 17.8 Å². The molecule has 6 nitrogen and oxygen atoms in total. The van der Waals surface area contributed by atoms with Gasteiger partial charge in [0.2, 0.25) is 11.8 Å². The molecule has 0 radical (unpaired) electrons. The fourth-order valence-corrected chi connectivity index (χ4v) is 3.62. The van der Waals surface area contributed by atoms with E-state index < -0.39 is 5.92 Å². The van der Waals surface area contributed by atoms with Crippen molar-refractivity contribution in [1.82, 2.24) is 0 Å². The molecule has 0 bridgehead atoms. The van der Waals surface area contributed by atoms with E-state index in [1.807, 2.05) is 61.5 Å². The van der Waals surface area contributed by atoms with Gasteiger partial charge in [0.1, 0.15) is 0 Å². The van der Waals surface area contributed by atoms with E-state index in [2.05, 4.69) is 10.6 Å². The lowest BCUT2D eigenvalue weighted by Gasteiger charge is -2.16. The number of anilines is 3. The first-order valence-electron chi connectivity index (χ1n) is 10.1. The molecule has 1 atom stereocenters. The molecule has 2 N–H and O–H groups in total. The summed E-state index contributed by atoms with van der Waals surface area (Å²) in [6, 6.07) is 23.6. The molecule has 3 amide bonds. The molecule has 4 rings (SSSR count). The van der Waals surface area contributed by atoms with Crippen molar-refractivity contribution in [1.29, 1.82) is 0 Å². The molecule has 0 spiro atoms.